The normalized spacial score (nSPS) is 19.9. The van der Waals surface area contributed by atoms with Crippen LogP contribution in [-0.2, 0) is 0 Å². The molecular formula is C17H27FN2. The summed E-state index contributed by atoms with van der Waals surface area (Å²) < 4.78 is 13.1. The van der Waals surface area contributed by atoms with Gasteiger partial charge in [0, 0.05) is 18.8 Å². The molecule has 0 amide bonds. The monoisotopic (exact) mass is 278 g/mol. The fourth-order valence-electron chi connectivity index (χ4n) is 3.18. The second-order valence-electron chi connectivity index (χ2n) is 6.52. The minimum Gasteiger partial charge on any atom is -0.371 e. The topological polar surface area (TPSA) is 15.3 Å². The van der Waals surface area contributed by atoms with Crippen molar-refractivity contribution >= 4 is 5.69 Å². The molecule has 0 radical (unpaired) electrons. The Morgan fingerprint density at radius 1 is 1.30 bits per heavy atom. The summed E-state index contributed by atoms with van der Waals surface area (Å²) >= 11 is 0. The van der Waals surface area contributed by atoms with Gasteiger partial charge in [-0.3, -0.25) is 0 Å². The SMILES string of the molecule is CCN(CC(C)(C)C1CCCNC1)c1ccc(F)cc1. The predicted molar refractivity (Wildman–Crippen MR) is 83.7 cm³/mol. The van der Waals surface area contributed by atoms with E-state index in [1.165, 1.54) is 12.8 Å². The molecule has 1 unspecified atom stereocenters. The molecule has 1 N–H and O–H groups in total. The summed E-state index contributed by atoms with van der Waals surface area (Å²) in [6.45, 7) is 11.1. The average Bonchev–Trinajstić information content (AvgIpc) is 2.47. The highest BCUT2D eigenvalue weighted by molar-refractivity contribution is 5.46. The zero-order chi connectivity index (χ0) is 14.6. The van der Waals surface area contributed by atoms with Gasteiger partial charge in [-0.25, -0.2) is 4.39 Å². The molecule has 20 heavy (non-hydrogen) atoms. The number of benzene rings is 1. The van der Waals surface area contributed by atoms with E-state index in [4.69, 9.17) is 0 Å². The Morgan fingerprint density at radius 3 is 2.55 bits per heavy atom. The Morgan fingerprint density at radius 2 is 2.00 bits per heavy atom. The first kappa shape index (κ1) is 15.3. The molecule has 1 heterocycles. The Labute approximate surface area is 122 Å². The second-order valence-corrected chi connectivity index (χ2v) is 6.52. The summed E-state index contributed by atoms with van der Waals surface area (Å²) in [6, 6.07) is 6.86. The van der Waals surface area contributed by atoms with Crippen molar-refractivity contribution in [1.82, 2.24) is 5.32 Å². The van der Waals surface area contributed by atoms with Crippen LogP contribution < -0.4 is 10.2 Å². The van der Waals surface area contributed by atoms with Crippen molar-refractivity contribution in [2.75, 3.05) is 31.1 Å². The standard InChI is InChI=1S/C17H27FN2/c1-4-20(16-9-7-15(18)8-10-16)13-17(2,3)14-6-5-11-19-12-14/h7-10,14,19H,4-6,11-13H2,1-3H3. The van der Waals surface area contributed by atoms with Gasteiger partial charge < -0.3 is 10.2 Å². The van der Waals surface area contributed by atoms with E-state index >= 15 is 0 Å². The van der Waals surface area contributed by atoms with Crippen LogP contribution in [-0.4, -0.2) is 26.2 Å². The molecule has 1 aliphatic heterocycles. The lowest BCUT2D eigenvalue weighted by atomic mass is 9.74. The Kier molecular flexibility index (Phi) is 5.03. The van der Waals surface area contributed by atoms with Crippen molar-refractivity contribution in [2.24, 2.45) is 11.3 Å². The van der Waals surface area contributed by atoms with Crippen LogP contribution >= 0.6 is 0 Å². The van der Waals surface area contributed by atoms with Gasteiger partial charge in [0.15, 0.2) is 0 Å². The first-order valence-corrected chi connectivity index (χ1v) is 7.74. The van der Waals surface area contributed by atoms with E-state index in [0.717, 1.165) is 31.9 Å². The van der Waals surface area contributed by atoms with Crippen LogP contribution in [0.2, 0.25) is 0 Å². The number of rotatable bonds is 5. The third-order valence-electron chi connectivity index (χ3n) is 4.57. The number of halogens is 1. The molecule has 1 fully saturated rings. The summed E-state index contributed by atoms with van der Waals surface area (Å²) in [5, 5.41) is 3.51. The number of piperidine rings is 1. The number of anilines is 1. The number of nitrogens with one attached hydrogen (secondary N) is 1. The smallest absolute Gasteiger partial charge is 0.123 e. The van der Waals surface area contributed by atoms with E-state index in [1.54, 1.807) is 12.1 Å². The largest absolute Gasteiger partial charge is 0.371 e. The average molecular weight is 278 g/mol. The fraction of sp³-hybridized carbons (Fsp3) is 0.647. The molecule has 0 aromatic heterocycles. The van der Waals surface area contributed by atoms with E-state index in [0.29, 0.717) is 5.92 Å². The first-order valence-electron chi connectivity index (χ1n) is 7.74. The number of hydrogen-bond acceptors (Lipinski definition) is 2. The summed E-state index contributed by atoms with van der Waals surface area (Å²) in [6.07, 6.45) is 2.58. The van der Waals surface area contributed by atoms with E-state index in [1.807, 2.05) is 12.1 Å². The van der Waals surface area contributed by atoms with Crippen molar-refractivity contribution < 1.29 is 4.39 Å². The van der Waals surface area contributed by atoms with E-state index in [9.17, 15) is 4.39 Å². The van der Waals surface area contributed by atoms with E-state index in [-0.39, 0.29) is 11.2 Å². The molecule has 1 atom stereocenters. The lowest BCUT2D eigenvalue weighted by molar-refractivity contribution is 0.176. The highest BCUT2D eigenvalue weighted by atomic mass is 19.1. The molecule has 0 aliphatic carbocycles. The maximum atomic E-state index is 13.1. The molecule has 0 saturated carbocycles. The van der Waals surface area contributed by atoms with Gasteiger partial charge in [-0.2, -0.15) is 0 Å². The lowest BCUT2D eigenvalue weighted by Crippen LogP contribution is -2.44. The van der Waals surface area contributed by atoms with Crippen LogP contribution in [0.4, 0.5) is 10.1 Å². The maximum Gasteiger partial charge on any atom is 0.123 e. The Hall–Kier alpha value is -1.09. The van der Waals surface area contributed by atoms with Gasteiger partial charge >= 0.3 is 0 Å². The van der Waals surface area contributed by atoms with Crippen molar-refractivity contribution in [2.45, 2.75) is 33.6 Å². The van der Waals surface area contributed by atoms with Crippen LogP contribution in [0.3, 0.4) is 0 Å². The summed E-state index contributed by atoms with van der Waals surface area (Å²) in [7, 11) is 0. The van der Waals surface area contributed by atoms with Gasteiger partial charge in [0.25, 0.3) is 0 Å². The van der Waals surface area contributed by atoms with E-state index < -0.39 is 0 Å². The van der Waals surface area contributed by atoms with Crippen molar-refractivity contribution in [3.05, 3.63) is 30.1 Å². The molecule has 1 aromatic carbocycles. The van der Waals surface area contributed by atoms with Crippen molar-refractivity contribution in [3.8, 4) is 0 Å². The maximum absolute atomic E-state index is 13.1. The van der Waals surface area contributed by atoms with Gasteiger partial charge in [0.05, 0.1) is 0 Å². The molecule has 3 heteroatoms. The third kappa shape index (κ3) is 3.72. The minimum absolute atomic E-state index is 0.166. The summed E-state index contributed by atoms with van der Waals surface area (Å²) in [5.74, 6) is 0.547. The predicted octanol–water partition coefficient (Wildman–Crippen LogP) is 3.68. The summed E-state index contributed by atoms with van der Waals surface area (Å²) in [4.78, 5) is 2.36. The molecule has 1 aliphatic rings. The number of hydrogen-bond donors (Lipinski definition) is 1. The third-order valence-corrected chi connectivity index (χ3v) is 4.57. The van der Waals surface area contributed by atoms with Gasteiger partial charge in [-0.1, -0.05) is 13.8 Å². The second kappa shape index (κ2) is 6.57. The van der Waals surface area contributed by atoms with Crippen LogP contribution in [0.1, 0.15) is 33.6 Å². The Balaban J connectivity index is 2.06. The zero-order valence-electron chi connectivity index (χ0n) is 13.0. The minimum atomic E-state index is -0.166. The van der Waals surface area contributed by atoms with Crippen LogP contribution in [0.15, 0.2) is 24.3 Å². The van der Waals surface area contributed by atoms with Gasteiger partial charge in [-0.05, 0) is 68.5 Å². The van der Waals surface area contributed by atoms with Gasteiger partial charge in [-0.15, -0.1) is 0 Å². The molecule has 1 aromatic rings. The molecule has 2 nitrogen and oxygen atoms in total. The van der Waals surface area contributed by atoms with Crippen LogP contribution in [0, 0.1) is 17.2 Å². The molecule has 1 saturated heterocycles. The van der Waals surface area contributed by atoms with E-state index in [2.05, 4.69) is 31.0 Å². The van der Waals surface area contributed by atoms with Crippen LogP contribution in [0.5, 0.6) is 0 Å². The first-order chi connectivity index (χ1) is 9.53. The van der Waals surface area contributed by atoms with Crippen LogP contribution in [0.25, 0.3) is 0 Å². The summed E-state index contributed by atoms with van der Waals surface area (Å²) in [5.41, 5.74) is 1.38. The number of nitrogens with zero attached hydrogens (tertiary/aromatic N) is 1. The fourth-order valence-corrected chi connectivity index (χ4v) is 3.18. The lowest BCUT2D eigenvalue weighted by Gasteiger charge is -2.41. The quantitative estimate of drug-likeness (QED) is 0.884. The molecular weight excluding hydrogens is 251 g/mol. The highest BCUT2D eigenvalue weighted by Gasteiger charge is 2.32. The molecule has 0 bridgehead atoms. The Bertz CT molecular complexity index is 408. The molecule has 112 valence electrons. The zero-order valence-corrected chi connectivity index (χ0v) is 13.0. The highest BCUT2D eigenvalue weighted by Crippen LogP contribution is 2.33. The van der Waals surface area contributed by atoms with Gasteiger partial charge in [0.2, 0.25) is 0 Å². The van der Waals surface area contributed by atoms with Crippen molar-refractivity contribution in [3.63, 3.8) is 0 Å². The van der Waals surface area contributed by atoms with Crippen molar-refractivity contribution in [1.29, 1.82) is 0 Å². The molecule has 0 spiro atoms. The van der Waals surface area contributed by atoms with Gasteiger partial charge in [0.1, 0.15) is 5.82 Å². The molecule has 2 rings (SSSR count).